The number of carbonyl (C=O) groups is 1. The zero-order valence-electron chi connectivity index (χ0n) is 11.7. The summed E-state index contributed by atoms with van der Waals surface area (Å²) in [5.74, 6) is -1.13. The van der Waals surface area contributed by atoms with Crippen LogP contribution in [0.3, 0.4) is 0 Å². The van der Waals surface area contributed by atoms with E-state index in [1.807, 2.05) is 6.92 Å². The monoisotopic (exact) mass is 297 g/mol. The predicted octanol–water partition coefficient (Wildman–Crippen LogP) is 2.28. The highest BCUT2D eigenvalue weighted by Gasteiger charge is 2.24. The zero-order valence-corrected chi connectivity index (χ0v) is 12.5. The number of hydrogen-bond donors (Lipinski definition) is 1. The second-order valence-electron chi connectivity index (χ2n) is 4.43. The van der Waals surface area contributed by atoms with Crippen molar-refractivity contribution in [3.63, 3.8) is 0 Å². The van der Waals surface area contributed by atoms with Gasteiger partial charge in [-0.05, 0) is 31.0 Å². The number of aryl methyl sites for hydroxylation is 1. The summed E-state index contributed by atoms with van der Waals surface area (Å²) in [6, 6.07) is 4.15. The van der Waals surface area contributed by atoms with Crippen LogP contribution in [0.25, 0.3) is 0 Å². The van der Waals surface area contributed by atoms with E-state index in [0.717, 1.165) is 0 Å². The van der Waals surface area contributed by atoms with Gasteiger partial charge in [-0.25, -0.2) is 13.2 Å². The molecule has 1 aromatic carbocycles. The van der Waals surface area contributed by atoms with Crippen LogP contribution in [0, 0.1) is 6.92 Å². The highest BCUT2D eigenvalue weighted by Crippen LogP contribution is 2.20. The van der Waals surface area contributed by atoms with E-state index >= 15 is 0 Å². The first-order valence-corrected chi connectivity index (χ1v) is 7.73. The van der Waals surface area contributed by atoms with Gasteiger partial charge in [-0.1, -0.05) is 19.1 Å². The molecule has 5 nitrogen and oxygen atoms in total. The van der Waals surface area contributed by atoms with Crippen LogP contribution in [0.5, 0.6) is 0 Å². The summed E-state index contributed by atoms with van der Waals surface area (Å²) < 4.78 is 26.3. The normalized spacial score (nSPS) is 11.6. The maximum atomic E-state index is 12.5. The molecule has 0 saturated heterocycles. The number of benzene rings is 1. The highest BCUT2D eigenvalue weighted by atomic mass is 32.2. The van der Waals surface area contributed by atoms with Crippen molar-refractivity contribution in [2.45, 2.75) is 25.2 Å². The molecule has 1 rings (SSSR count). The molecular weight excluding hydrogens is 278 g/mol. The second-order valence-corrected chi connectivity index (χ2v) is 6.37. The molecule has 0 heterocycles. The van der Waals surface area contributed by atoms with Gasteiger partial charge in [0.05, 0.1) is 10.5 Å². The molecule has 0 unspecified atom stereocenters. The number of hydrogen-bond acceptors (Lipinski definition) is 3. The summed E-state index contributed by atoms with van der Waals surface area (Å²) in [5, 5.41) is 9.08. The average molecular weight is 297 g/mol. The molecule has 1 aromatic rings. The van der Waals surface area contributed by atoms with Crippen molar-refractivity contribution in [2.75, 3.05) is 13.1 Å². The second kappa shape index (κ2) is 6.67. The molecule has 0 saturated carbocycles. The van der Waals surface area contributed by atoms with E-state index in [-0.39, 0.29) is 17.0 Å². The Bertz CT molecular complexity index is 608. The van der Waals surface area contributed by atoms with E-state index < -0.39 is 16.0 Å². The Morgan fingerprint density at radius 1 is 1.45 bits per heavy atom. The minimum absolute atomic E-state index is 0.00104. The quantitative estimate of drug-likeness (QED) is 0.783. The SMILES string of the molecule is C=CCN(CCC)S(=O)(=O)c1ccc(C)c(C(=O)O)c1. The van der Waals surface area contributed by atoms with Crippen molar-refractivity contribution in [3.05, 3.63) is 42.0 Å². The maximum absolute atomic E-state index is 12.5. The molecule has 20 heavy (non-hydrogen) atoms. The molecule has 0 bridgehead atoms. The van der Waals surface area contributed by atoms with Gasteiger partial charge < -0.3 is 5.11 Å². The Morgan fingerprint density at radius 3 is 2.60 bits per heavy atom. The van der Waals surface area contributed by atoms with Crippen molar-refractivity contribution in [2.24, 2.45) is 0 Å². The van der Waals surface area contributed by atoms with Crippen LogP contribution in [-0.4, -0.2) is 36.9 Å². The third-order valence-corrected chi connectivity index (χ3v) is 4.74. The Hall–Kier alpha value is -1.66. The van der Waals surface area contributed by atoms with Crippen molar-refractivity contribution in [1.82, 2.24) is 4.31 Å². The molecule has 0 fully saturated rings. The molecule has 0 spiro atoms. The van der Waals surface area contributed by atoms with Crippen molar-refractivity contribution < 1.29 is 18.3 Å². The molecule has 0 aliphatic heterocycles. The van der Waals surface area contributed by atoms with Crippen molar-refractivity contribution >= 4 is 16.0 Å². The Balaban J connectivity index is 3.30. The van der Waals surface area contributed by atoms with Gasteiger partial charge in [-0.2, -0.15) is 4.31 Å². The summed E-state index contributed by atoms with van der Waals surface area (Å²) in [5.41, 5.74) is 0.531. The van der Waals surface area contributed by atoms with Crippen molar-refractivity contribution in [3.8, 4) is 0 Å². The number of carboxylic acids is 1. The Labute approximate surface area is 119 Å². The number of carboxylic acid groups (broad SMARTS) is 1. The molecule has 110 valence electrons. The molecule has 0 aliphatic carbocycles. The van der Waals surface area contributed by atoms with E-state index in [0.29, 0.717) is 18.5 Å². The standard InChI is InChI=1S/C14H19NO4S/c1-4-8-15(9-5-2)20(18,19)12-7-6-11(3)13(10-12)14(16)17/h4,6-7,10H,1,5,8-9H2,2-3H3,(H,16,17). The molecule has 0 aliphatic rings. The molecule has 1 N–H and O–H groups in total. The van der Waals surface area contributed by atoms with Gasteiger partial charge in [0.2, 0.25) is 10.0 Å². The lowest BCUT2D eigenvalue weighted by atomic mass is 10.1. The minimum atomic E-state index is -3.70. The molecule has 6 heteroatoms. The van der Waals surface area contributed by atoms with Crippen LogP contribution < -0.4 is 0 Å². The summed E-state index contributed by atoms with van der Waals surface area (Å²) in [4.78, 5) is 11.1. The molecule has 0 amide bonds. The number of nitrogens with zero attached hydrogens (tertiary/aromatic N) is 1. The summed E-state index contributed by atoms with van der Waals surface area (Å²) in [6.07, 6.45) is 2.18. The minimum Gasteiger partial charge on any atom is -0.478 e. The number of sulfonamides is 1. The van der Waals surface area contributed by atoms with Crippen LogP contribution in [0.1, 0.15) is 29.3 Å². The summed E-state index contributed by atoms with van der Waals surface area (Å²) in [7, 11) is -3.70. The van der Waals surface area contributed by atoms with Gasteiger partial charge in [0.15, 0.2) is 0 Å². The smallest absolute Gasteiger partial charge is 0.335 e. The van der Waals surface area contributed by atoms with E-state index in [1.54, 1.807) is 6.92 Å². The van der Waals surface area contributed by atoms with Crippen LogP contribution in [0.15, 0.2) is 35.7 Å². The zero-order chi connectivity index (χ0) is 15.3. The lowest BCUT2D eigenvalue weighted by Crippen LogP contribution is -2.32. The van der Waals surface area contributed by atoms with Gasteiger partial charge in [0.1, 0.15) is 0 Å². The highest BCUT2D eigenvalue weighted by molar-refractivity contribution is 7.89. The first kappa shape index (κ1) is 16.4. The van der Waals surface area contributed by atoms with Crippen molar-refractivity contribution in [1.29, 1.82) is 0 Å². The van der Waals surface area contributed by atoms with E-state index in [2.05, 4.69) is 6.58 Å². The van der Waals surface area contributed by atoms with E-state index in [1.165, 1.54) is 28.6 Å². The molecular formula is C14H19NO4S. The third-order valence-electron chi connectivity index (χ3n) is 2.88. The Kier molecular flexibility index (Phi) is 5.47. The summed E-state index contributed by atoms with van der Waals surface area (Å²) >= 11 is 0. The maximum Gasteiger partial charge on any atom is 0.335 e. The summed E-state index contributed by atoms with van der Waals surface area (Å²) in [6.45, 7) is 7.63. The first-order chi connectivity index (χ1) is 9.34. The predicted molar refractivity (Wildman–Crippen MR) is 77.4 cm³/mol. The van der Waals surface area contributed by atoms with Gasteiger partial charge in [-0.3, -0.25) is 0 Å². The fourth-order valence-corrected chi connectivity index (χ4v) is 3.37. The lowest BCUT2D eigenvalue weighted by molar-refractivity contribution is 0.0696. The van der Waals surface area contributed by atoms with E-state index in [4.69, 9.17) is 5.11 Å². The average Bonchev–Trinajstić information content (AvgIpc) is 2.38. The lowest BCUT2D eigenvalue weighted by Gasteiger charge is -2.20. The molecule has 0 aromatic heterocycles. The Morgan fingerprint density at radius 2 is 2.10 bits per heavy atom. The van der Waals surface area contributed by atoms with Gasteiger partial charge >= 0.3 is 5.97 Å². The number of aromatic carboxylic acids is 1. The third kappa shape index (κ3) is 3.46. The van der Waals surface area contributed by atoms with Crippen LogP contribution in [-0.2, 0) is 10.0 Å². The van der Waals surface area contributed by atoms with Crippen LogP contribution >= 0.6 is 0 Å². The van der Waals surface area contributed by atoms with Gasteiger partial charge in [0, 0.05) is 13.1 Å². The first-order valence-electron chi connectivity index (χ1n) is 6.29. The van der Waals surface area contributed by atoms with Crippen LogP contribution in [0.4, 0.5) is 0 Å². The largest absolute Gasteiger partial charge is 0.478 e. The molecule has 0 radical (unpaired) electrons. The van der Waals surface area contributed by atoms with E-state index in [9.17, 15) is 13.2 Å². The van der Waals surface area contributed by atoms with Crippen LogP contribution in [0.2, 0.25) is 0 Å². The number of rotatable bonds is 7. The topological polar surface area (TPSA) is 74.7 Å². The fraction of sp³-hybridized carbons (Fsp3) is 0.357. The van der Waals surface area contributed by atoms with Gasteiger partial charge in [0.25, 0.3) is 0 Å². The molecule has 0 atom stereocenters. The fourth-order valence-electron chi connectivity index (χ4n) is 1.84. The van der Waals surface area contributed by atoms with Gasteiger partial charge in [-0.15, -0.1) is 6.58 Å².